The summed E-state index contributed by atoms with van der Waals surface area (Å²) in [7, 11) is 0. The van der Waals surface area contributed by atoms with Crippen molar-refractivity contribution in [3.8, 4) is 22.6 Å². The fourth-order valence-corrected chi connectivity index (χ4v) is 4.48. The quantitative estimate of drug-likeness (QED) is 0.417. The van der Waals surface area contributed by atoms with Crippen LogP contribution in [0.1, 0.15) is 47.8 Å². The number of nitrogens with one attached hydrogen (secondary N) is 3. The number of piperidine rings is 1. The third-order valence-corrected chi connectivity index (χ3v) is 6.43. The smallest absolute Gasteiger partial charge is 0.271 e. The second-order valence-corrected chi connectivity index (χ2v) is 8.58. The van der Waals surface area contributed by atoms with Crippen molar-refractivity contribution < 1.29 is 4.79 Å². The average molecular weight is 444 g/mol. The molecular formula is C25H29N7O. The lowest BCUT2D eigenvalue weighted by atomic mass is 9.98. The lowest BCUT2D eigenvalue weighted by molar-refractivity contribution is 0.0719. The van der Waals surface area contributed by atoms with Gasteiger partial charge >= 0.3 is 0 Å². The number of imidazole rings is 1. The van der Waals surface area contributed by atoms with E-state index in [-0.39, 0.29) is 5.91 Å². The first-order valence-corrected chi connectivity index (χ1v) is 11.6. The maximum Gasteiger partial charge on any atom is 0.271 e. The Morgan fingerprint density at radius 2 is 2.00 bits per heavy atom. The fourth-order valence-electron chi connectivity index (χ4n) is 4.48. The maximum atomic E-state index is 12.8. The molecule has 0 bridgehead atoms. The molecule has 5 rings (SSSR count). The van der Waals surface area contributed by atoms with Crippen molar-refractivity contribution in [3.63, 3.8) is 0 Å². The molecule has 0 aliphatic carbocycles. The molecule has 0 radical (unpaired) electrons. The van der Waals surface area contributed by atoms with Gasteiger partial charge in [-0.1, -0.05) is 13.0 Å². The van der Waals surface area contributed by atoms with Gasteiger partial charge in [-0.2, -0.15) is 5.10 Å². The number of hydrogen-bond donors (Lipinski definition) is 3. The number of carbonyl (C=O) groups is 1. The van der Waals surface area contributed by atoms with Gasteiger partial charge in [-0.25, -0.2) is 4.98 Å². The van der Waals surface area contributed by atoms with E-state index in [1.54, 1.807) is 6.20 Å². The minimum absolute atomic E-state index is 0.00758. The number of rotatable bonds is 6. The summed E-state index contributed by atoms with van der Waals surface area (Å²) in [5, 5.41) is 11.9. The van der Waals surface area contributed by atoms with E-state index in [4.69, 9.17) is 0 Å². The highest BCUT2D eigenvalue weighted by atomic mass is 16.2. The van der Waals surface area contributed by atoms with Crippen LogP contribution in [-0.4, -0.2) is 55.6 Å². The summed E-state index contributed by atoms with van der Waals surface area (Å²) in [6.07, 6.45) is 8.76. The van der Waals surface area contributed by atoms with E-state index in [1.807, 2.05) is 23.4 Å². The van der Waals surface area contributed by atoms with Gasteiger partial charge < -0.3 is 15.2 Å². The van der Waals surface area contributed by atoms with Crippen LogP contribution in [0.25, 0.3) is 33.5 Å². The van der Waals surface area contributed by atoms with Crippen LogP contribution in [0, 0.1) is 6.92 Å². The molecule has 8 heteroatoms. The topological polar surface area (TPSA) is 103 Å². The van der Waals surface area contributed by atoms with Gasteiger partial charge in [0, 0.05) is 43.0 Å². The number of H-pyrrole nitrogens is 2. The molecule has 0 spiro atoms. The van der Waals surface area contributed by atoms with E-state index in [0.29, 0.717) is 17.2 Å². The number of nitrogens with zero attached hydrogens (tertiary/aromatic N) is 4. The number of hydrogen-bond acceptors (Lipinski definition) is 5. The molecule has 1 fully saturated rings. The molecule has 170 valence electrons. The second-order valence-electron chi connectivity index (χ2n) is 8.58. The molecule has 4 heterocycles. The van der Waals surface area contributed by atoms with Crippen LogP contribution >= 0.6 is 0 Å². The molecule has 1 aromatic carbocycles. The molecule has 0 atom stereocenters. The lowest BCUT2D eigenvalue weighted by Crippen LogP contribution is -2.35. The Morgan fingerprint density at radius 1 is 1.15 bits per heavy atom. The summed E-state index contributed by atoms with van der Waals surface area (Å²) in [6.45, 7) is 7.56. The SMILES string of the molecule is CCNCc1cncc(-c2ccc3[nH]nc(-c4ncc(C(=O)N5CCCCC5)[nH]4)c3c2)c1C. The zero-order valence-electron chi connectivity index (χ0n) is 19.1. The first-order valence-electron chi connectivity index (χ1n) is 11.6. The lowest BCUT2D eigenvalue weighted by Gasteiger charge is -2.25. The van der Waals surface area contributed by atoms with Gasteiger partial charge in [-0.05, 0) is 61.6 Å². The van der Waals surface area contributed by atoms with E-state index in [9.17, 15) is 4.79 Å². The molecule has 0 saturated carbocycles. The molecule has 3 N–H and O–H groups in total. The van der Waals surface area contributed by atoms with Crippen molar-refractivity contribution >= 4 is 16.8 Å². The van der Waals surface area contributed by atoms with Crippen molar-refractivity contribution in [3.05, 3.63) is 53.6 Å². The van der Waals surface area contributed by atoms with Crippen LogP contribution < -0.4 is 5.32 Å². The first kappa shape index (κ1) is 21.3. The molecule has 1 amide bonds. The third kappa shape index (κ3) is 4.14. The van der Waals surface area contributed by atoms with Gasteiger partial charge in [0.05, 0.1) is 11.7 Å². The number of aromatic amines is 2. The Hall–Kier alpha value is -3.52. The van der Waals surface area contributed by atoms with Crippen LogP contribution in [0.2, 0.25) is 0 Å². The molecule has 1 aliphatic heterocycles. The zero-order valence-corrected chi connectivity index (χ0v) is 19.1. The van der Waals surface area contributed by atoms with Gasteiger partial charge in [0.2, 0.25) is 0 Å². The van der Waals surface area contributed by atoms with Gasteiger partial charge in [0.1, 0.15) is 11.4 Å². The highest BCUT2D eigenvalue weighted by molar-refractivity contribution is 5.96. The number of aromatic nitrogens is 5. The fraction of sp³-hybridized carbons (Fsp3) is 0.360. The van der Waals surface area contributed by atoms with Crippen molar-refractivity contribution in [2.75, 3.05) is 19.6 Å². The number of fused-ring (bicyclic) bond motifs is 1. The van der Waals surface area contributed by atoms with Gasteiger partial charge in [0.15, 0.2) is 5.82 Å². The van der Waals surface area contributed by atoms with Crippen LogP contribution in [0.3, 0.4) is 0 Å². The minimum atomic E-state index is 0.00758. The van der Waals surface area contributed by atoms with E-state index >= 15 is 0 Å². The predicted octanol–water partition coefficient (Wildman–Crippen LogP) is 4.06. The van der Waals surface area contributed by atoms with Crippen LogP contribution in [0.5, 0.6) is 0 Å². The molecule has 0 unspecified atom stereocenters. The number of pyridine rings is 1. The van der Waals surface area contributed by atoms with E-state index < -0.39 is 0 Å². The molecule has 1 aliphatic rings. The second kappa shape index (κ2) is 9.15. The van der Waals surface area contributed by atoms with Crippen molar-refractivity contribution in [2.45, 2.75) is 39.7 Å². The van der Waals surface area contributed by atoms with Crippen LogP contribution in [0.4, 0.5) is 0 Å². The molecule has 4 aromatic rings. The Balaban J connectivity index is 1.48. The number of likely N-dealkylation sites (tertiary alicyclic amines) is 1. The summed E-state index contributed by atoms with van der Waals surface area (Å²) >= 11 is 0. The zero-order chi connectivity index (χ0) is 22.8. The molecule has 33 heavy (non-hydrogen) atoms. The van der Waals surface area contributed by atoms with E-state index in [2.05, 4.69) is 56.4 Å². The average Bonchev–Trinajstić information content (AvgIpc) is 3.50. The van der Waals surface area contributed by atoms with Crippen molar-refractivity contribution in [1.82, 2.24) is 35.4 Å². The summed E-state index contributed by atoms with van der Waals surface area (Å²) < 4.78 is 0. The van der Waals surface area contributed by atoms with E-state index in [0.717, 1.165) is 61.1 Å². The van der Waals surface area contributed by atoms with Crippen molar-refractivity contribution in [2.24, 2.45) is 0 Å². The Labute approximate surface area is 192 Å². The number of benzene rings is 1. The summed E-state index contributed by atoms with van der Waals surface area (Å²) in [4.78, 5) is 26.9. The minimum Gasteiger partial charge on any atom is -0.337 e. The molecule has 3 aromatic heterocycles. The number of carbonyl (C=O) groups excluding carboxylic acids is 1. The highest BCUT2D eigenvalue weighted by Gasteiger charge is 2.21. The Kier molecular flexibility index (Phi) is 5.92. The first-order chi connectivity index (χ1) is 16.2. The predicted molar refractivity (Wildman–Crippen MR) is 129 cm³/mol. The van der Waals surface area contributed by atoms with Crippen LogP contribution in [0.15, 0.2) is 36.8 Å². The monoisotopic (exact) mass is 443 g/mol. The molecular weight excluding hydrogens is 414 g/mol. The summed E-state index contributed by atoms with van der Waals surface area (Å²) in [5.74, 6) is 0.600. The molecule has 8 nitrogen and oxygen atoms in total. The maximum absolute atomic E-state index is 12.8. The van der Waals surface area contributed by atoms with Crippen LogP contribution in [-0.2, 0) is 6.54 Å². The Bertz CT molecular complexity index is 1280. The van der Waals surface area contributed by atoms with Crippen molar-refractivity contribution in [1.29, 1.82) is 0 Å². The summed E-state index contributed by atoms with van der Waals surface area (Å²) in [6, 6.07) is 6.23. The molecule has 1 saturated heterocycles. The number of amides is 1. The van der Waals surface area contributed by atoms with Gasteiger partial charge in [0.25, 0.3) is 5.91 Å². The largest absolute Gasteiger partial charge is 0.337 e. The van der Waals surface area contributed by atoms with Gasteiger partial charge in [-0.3, -0.25) is 14.9 Å². The highest BCUT2D eigenvalue weighted by Crippen LogP contribution is 2.31. The van der Waals surface area contributed by atoms with E-state index in [1.165, 1.54) is 17.5 Å². The third-order valence-electron chi connectivity index (χ3n) is 6.43. The summed E-state index contributed by atoms with van der Waals surface area (Å²) in [5.41, 5.74) is 6.71. The Morgan fingerprint density at radius 3 is 2.82 bits per heavy atom. The van der Waals surface area contributed by atoms with Gasteiger partial charge in [-0.15, -0.1) is 0 Å². The normalized spacial score (nSPS) is 14.2. The standard InChI is InChI=1S/C25H29N7O/c1-3-26-12-18-13-27-14-20(16(18)2)17-7-8-21-19(11-17)23(31-30-21)24-28-15-22(29-24)25(33)32-9-5-4-6-10-32/h7-8,11,13-15,26H,3-6,9-10,12H2,1-2H3,(H,28,29)(H,30,31).